The molecule has 2 N–H and O–H groups in total. The Balaban J connectivity index is 2.31. The number of nitrogens with one attached hydrogen (secondary N) is 1. The number of anilines is 1. The summed E-state index contributed by atoms with van der Waals surface area (Å²) in [6.07, 6.45) is 2.81. The fraction of sp³-hybridized carbons (Fsp3) is 0.0833. The number of carboxylic acid groups (broad SMARTS) is 1. The molecular formula is C12H10N2O5. The highest BCUT2D eigenvalue weighted by atomic mass is 16.5. The van der Waals surface area contributed by atoms with E-state index in [0.717, 1.165) is 0 Å². The van der Waals surface area contributed by atoms with Crippen molar-refractivity contribution in [3.05, 3.63) is 30.8 Å². The van der Waals surface area contributed by atoms with Crippen molar-refractivity contribution in [3.63, 3.8) is 0 Å². The number of aliphatic carboxylic acids is 1. The van der Waals surface area contributed by atoms with Crippen LogP contribution in [-0.2, 0) is 9.59 Å². The Morgan fingerprint density at radius 2 is 2.21 bits per heavy atom. The number of aromatic nitrogens is 1. The van der Waals surface area contributed by atoms with Crippen LogP contribution in [0, 0.1) is 0 Å². The first-order valence-electron chi connectivity index (χ1n) is 5.23. The van der Waals surface area contributed by atoms with Crippen LogP contribution in [0.2, 0.25) is 0 Å². The summed E-state index contributed by atoms with van der Waals surface area (Å²) in [4.78, 5) is 25.3. The van der Waals surface area contributed by atoms with Crippen LogP contribution in [0.4, 0.5) is 5.69 Å². The van der Waals surface area contributed by atoms with Gasteiger partial charge in [0, 0.05) is 11.8 Å². The summed E-state index contributed by atoms with van der Waals surface area (Å²) in [6, 6.07) is 4.68. The van der Waals surface area contributed by atoms with Gasteiger partial charge in [-0.25, -0.2) is 9.78 Å². The van der Waals surface area contributed by atoms with Gasteiger partial charge in [0.05, 0.1) is 18.9 Å². The Labute approximate surface area is 107 Å². The number of hydrogen-bond donors (Lipinski definition) is 2. The van der Waals surface area contributed by atoms with Crippen molar-refractivity contribution < 1.29 is 23.8 Å². The van der Waals surface area contributed by atoms with Crippen molar-refractivity contribution in [2.24, 2.45) is 0 Å². The molecule has 0 aliphatic carbocycles. The topological polar surface area (TPSA) is 102 Å². The van der Waals surface area contributed by atoms with Crippen molar-refractivity contribution in [2.45, 2.75) is 0 Å². The highest BCUT2D eigenvalue weighted by Crippen LogP contribution is 2.32. The first-order valence-corrected chi connectivity index (χ1v) is 5.23. The van der Waals surface area contributed by atoms with Gasteiger partial charge in [0.25, 0.3) is 0 Å². The number of carbonyl (C=O) groups excluding carboxylic acids is 1. The predicted octanol–water partition coefficient (Wildman–Crippen LogP) is 1.37. The third kappa shape index (κ3) is 2.71. The van der Waals surface area contributed by atoms with E-state index in [2.05, 4.69) is 10.3 Å². The number of carbonyl (C=O) groups is 2. The van der Waals surface area contributed by atoms with Crippen LogP contribution in [0.1, 0.15) is 0 Å². The van der Waals surface area contributed by atoms with E-state index in [4.69, 9.17) is 14.3 Å². The third-order valence-electron chi connectivity index (χ3n) is 2.35. The van der Waals surface area contributed by atoms with Crippen molar-refractivity contribution in [3.8, 4) is 17.1 Å². The molecule has 98 valence electrons. The first kappa shape index (κ1) is 12.6. The third-order valence-corrected chi connectivity index (χ3v) is 2.35. The number of ether oxygens (including phenoxy) is 1. The lowest BCUT2D eigenvalue weighted by atomic mass is 10.1. The fourth-order valence-corrected chi connectivity index (χ4v) is 1.51. The van der Waals surface area contributed by atoms with Gasteiger partial charge in [-0.1, -0.05) is 0 Å². The van der Waals surface area contributed by atoms with Crippen LogP contribution < -0.4 is 10.1 Å². The molecule has 0 radical (unpaired) electrons. The summed E-state index contributed by atoms with van der Waals surface area (Å²) < 4.78 is 10.3. The number of nitrogens with zero attached hydrogens (tertiary/aromatic N) is 1. The van der Waals surface area contributed by atoms with Crippen molar-refractivity contribution in [2.75, 3.05) is 12.4 Å². The summed E-state index contributed by atoms with van der Waals surface area (Å²) in [5.41, 5.74) is 0.959. The van der Waals surface area contributed by atoms with Gasteiger partial charge in [-0.15, -0.1) is 0 Å². The second-order valence-electron chi connectivity index (χ2n) is 3.54. The molecule has 2 rings (SSSR count). The summed E-state index contributed by atoms with van der Waals surface area (Å²) in [7, 11) is 1.46. The number of methoxy groups -OCH3 is 1. The number of benzene rings is 1. The molecule has 0 saturated carbocycles. The van der Waals surface area contributed by atoms with Crippen LogP contribution in [-0.4, -0.2) is 29.1 Å². The zero-order valence-electron chi connectivity index (χ0n) is 9.91. The maximum absolute atomic E-state index is 11.0. The average Bonchev–Trinajstić information content (AvgIpc) is 2.92. The molecule has 0 atom stereocenters. The van der Waals surface area contributed by atoms with Crippen molar-refractivity contribution in [1.29, 1.82) is 0 Å². The van der Waals surface area contributed by atoms with Gasteiger partial charge in [-0.2, -0.15) is 0 Å². The molecular weight excluding hydrogens is 252 g/mol. The number of carboxylic acids is 1. The number of rotatable bonds is 3. The quantitative estimate of drug-likeness (QED) is 0.810. The molecule has 0 bridgehead atoms. The van der Waals surface area contributed by atoms with Crippen LogP contribution >= 0.6 is 0 Å². The van der Waals surface area contributed by atoms with Gasteiger partial charge in [-0.3, -0.25) is 4.79 Å². The summed E-state index contributed by atoms with van der Waals surface area (Å²) in [6.45, 7) is 0. The highest BCUT2D eigenvalue weighted by molar-refractivity contribution is 6.36. The number of amides is 1. The highest BCUT2D eigenvalue weighted by Gasteiger charge is 2.14. The molecule has 0 aliphatic heterocycles. The first-order chi connectivity index (χ1) is 9.11. The van der Waals surface area contributed by atoms with Crippen LogP contribution in [0.5, 0.6) is 5.75 Å². The molecule has 2 aromatic rings. The summed E-state index contributed by atoms with van der Waals surface area (Å²) >= 11 is 0. The Bertz CT molecular complexity index is 607. The van der Waals surface area contributed by atoms with Gasteiger partial charge < -0.3 is 19.6 Å². The van der Waals surface area contributed by atoms with E-state index in [1.54, 1.807) is 12.1 Å². The van der Waals surface area contributed by atoms with E-state index in [9.17, 15) is 9.59 Å². The molecule has 1 amide bonds. The second-order valence-corrected chi connectivity index (χ2v) is 3.54. The van der Waals surface area contributed by atoms with Crippen molar-refractivity contribution in [1.82, 2.24) is 4.98 Å². The van der Waals surface area contributed by atoms with Gasteiger partial charge in [0.1, 0.15) is 5.75 Å². The minimum absolute atomic E-state index is 0.313. The lowest BCUT2D eigenvalue weighted by molar-refractivity contribution is -0.147. The van der Waals surface area contributed by atoms with E-state index < -0.39 is 11.9 Å². The monoisotopic (exact) mass is 262 g/mol. The summed E-state index contributed by atoms with van der Waals surface area (Å²) in [5.74, 6) is -1.74. The molecule has 1 heterocycles. The number of hydrogen-bond acceptors (Lipinski definition) is 5. The smallest absolute Gasteiger partial charge is 0.394 e. The van der Waals surface area contributed by atoms with E-state index in [1.807, 2.05) is 0 Å². The number of oxazole rings is 1. The minimum atomic E-state index is -1.56. The lowest BCUT2D eigenvalue weighted by Crippen LogP contribution is -2.21. The van der Waals surface area contributed by atoms with Crippen LogP contribution in [0.15, 0.2) is 35.2 Å². The van der Waals surface area contributed by atoms with Crippen molar-refractivity contribution >= 4 is 17.6 Å². The predicted molar refractivity (Wildman–Crippen MR) is 64.8 cm³/mol. The molecule has 0 aliphatic rings. The molecule has 1 aromatic heterocycles. The molecule has 0 fully saturated rings. The molecule has 0 saturated heterocycles. The molecule has 1 aromatic carbocycles. The van der Waals surface area contributed by atoms with E-state index in [1.165, 1.54) is 25.8 Å². The Morgan fingerprint density at radius 3 is 2.79 bits per heavy atom. The molecule has 0 unspecified atom stereocenters. The zero-order chi connectivity index (χ0) is 13.8. The SMILES string of the molecule is COc1cc(NC(=O)C(=O)O)ccc1-c1cnco1. The van der Waals surface area contributed by atoms with Gasteiger partial charge in [0.2, 0.25) is 0 Å². The maximum Gasteiger partial charge on any atom is 0.394 e. The van der Waals surface area contributed by atoms with E-state index >= 15 is 0 Å². The minimum Gasteiger partial charge on any atom is -0.496 e. The molecule has 19 heavy (non-hydrogen) atoms. The standard InChI is InChI=1S/C12H10N2O5/c1-18-9-4-7(14-11(15)12(16)17)2-3-8(9)10-5-13-6-19-10/h2-6H,1H3,(H,14,15)(H,16,17). The molecule has 0 spiro atoms. The molecule has 7 nitrogen and oxygen atoms in total. The fourth-order valence-electron chi connectivity index (χ4n) is 1.51. The van der Waals surface area contributed by atoms with Gasteiger partial charge in [0.15, 0.2) is 12.2 Å². The second kappa shape index (κ2) is 5.21. The lowest BCUT2D eigenvalue weighted by Gasteiger charge is -2.09. The van der Waals surface area contributed by atoms with E-state index in [0.29, 0.717) is 22.8 Å². The van der Waals surface area contributed by atoms with E-state index in [-0.39, 0.29) is 0 Å². The largest absolute Gasteiger partial charge is 0.496 e. The Morgan fingerprint density at radius 1 is 1.42 bits per heavy atom. The average molecular weight is 262 g/mol. The Hall–Kier alpha value is -2.83. The summed E-state index contributed by atoms with van der Waals surface area (Å²) in [5, 5.41) is 10.7. The normalized spacial score (nSPS) is 9.95. The Kier molecular flexibility index (Phi) is 3.46. The molecule has 7 heteroatoms. The van der Waals surface area contributed by atoms with Gasteiger partial charge in [-0.05, 0) is 12.1 Å². The van der Waals surface area contributed by atoms with Crippen LogP contribution in [0.25, 0.3) is 11.3 Å². The van der Waals surface area contributed by atoms with Gasteiger partial charge >= 0.3 is 11.9 Å². The maximum atomic E-state index is 11.0. The zero-order valence-corrected chi connectivity index (χ0v) is 9.91. The van der Waals surface area contributed by atoms with Crippen LogP contribution in [0.3, 0.4) is 0 Å².